The molecule has 0 unspecified atom stereocenters. The first kappa shape index (κ1) is 27.3. The number of carboxylic acids is 1. The van der Waals surface area contributed by atoms with E-state index in [0.29, 0.717) is 18.7 Å². The van der Waals surface area contributed by atoms with Gasteiger partial charge < -0.3 is 32.5 Å². The molecular formula is C18H24N10O8S2. The lowest BCUT2D eigenvalue weighted by Crippen LogP contribution is -2.73. The van der Waals surface area contributed by atoms with Crippen LogP contribution >= 0.6 is 11.3 Å². The Labute approximate surface area is 218 Å². The molecule has 9 N–H and O–H groups in total. The third kappa shape index (κ3) is 5.43. The number of β-lactam (4-membered cyclic amide) rings is 1. The van der Waals surface area contributed by atoms with E-state index in [-0.39, 0.29) is 34.5 Å². The molecule has 206 valence electrons. The number of nitrogens with zero attached hydrogens (tertiary/aromatic N) is 6. The smallest absolute Gasteiger partial charge is 0.362 e. The van der Waals surface area contributed by atoms with Crippen molar-refractivity contribution in [3.8, 4) is 0 Å². The number of aromatic nitrogens is 4. The molecule has 38 heavy (non-hydrogen) atoms. The van der Waals surface area contributed by atoms with Gasteiger partial charge in [-0.2, -0.15) is 23.4 Å². The van der Waals surface area contributed by atoms with Crippen molar-refractivity contribution in [1.82, 2.24) is 29.6 Å². The summed E-state index contributed by atoms with van der Waals surface area (Å²) in [5, 5.41) is 24.9. The van der Waals surface area contributed by atoms with E-state index in [9.17, 15) is 32.5 Å². The summed E-state index contributed by atoms with van der Waals surface area (Å²) in [4.78, 5) is 47.3. The molecule has 0 radical (unpaired) electrons. The lowest BCUT2D eigenvalue weighted by molar-refractivity contribution is -0.153. The highest BCUT2D eigenvalue weighted by molar-refractivity contribution is 7.84. The molecule has 0 spiro atoms. The van der Waals surface area contributed by atoms with E-state index in [4.69, 9.17) is 22.0 Å². The Morgan fingerprint density at radius 1 is 1.39 bits per heavy atom. The van der Waals surface area contributed by atoms with Crippen molar-refractivity contribution < 1.29 is 37.3 Å². The molecule has 0 aromatic carbocycles. The van der Waals surface area contributed by atoms with E-state index in [1.165, 1.54) is 11.6 Å². The van der Waals surface area contributed by atoms with Crippen LogP contribution in [0, 0.1) is 0 Å². The number of amides is 2. The quantitative estimate of drug-likeness (QED) is 0.0648. The Hall–Kier alpha value is -3.72. The van der Waals surface area contributed by atoms with Gasteiger partial charge in [-0.25, -0.2) is 14.1 Å². The van der Waals surface area contributed by atoms with Crippen LogP contribution in [0.4, 0.5) is 5.13 Å². The number of nitrogens with two attached hydrogens (primary N) is 3. The highest BCUT2D eigenvalue weighted by atomic mass is 32.2. The Morgan fingerprint density at radius 3 is 2.66 bits per heavy atom. The maximum Gasteiger partial charge on any atom is 0.362 e. The Bertz CT molecular complexity index is 1380. The average molecular weight is 573 g/mol. The van der Waals surface area contributed by atoms with E-state index in [1.54, 1.807) is 0 Å². The maximum atomic E-state index is 13.1. The van der Waals surface area contributed by atoms with Crippen molar-refractivity contribution in [1.29, 1.82) is 0 Å². The van der Waals surface area contributed by atoms with Crippen LogP contribution in [0.3, 0.4) is 0 Å². The lowest BCUT2D eigenvalue weighted by Gasteiger charge is -2.43. The zero-order valence-electron chi connectivity index (χ0n) is 19.5. The average Bonchev–Trinajstić information content (AvgIpc) is 3.27. The highest BCUT2D eigenvalue weighted by Gasteiger charge is 2.56. The Morgan fingerprint density at radius 2 is 2.11 bits per heavy atom. The molecule has 2 aromatic heterocycles. The minimum atomic E-state index is -5.00. The summed E-state index contributed by atoms with van der Waals surface area (Å²) in [6, 6.07) is -3.33. The Kier molecular flexibility index (Phi) is 7.34. The molecule has 1 saturated carbocycles. The first-order valence-corrected chi connectivity index (χ1v) is 13.3. The third-order valence-electron chi connectivity index (χ3n) is 5.85. The second-order valence-electron chi connectivity index (χ2n) is 8.54. The fourth-order valence-corrected chi connectivity index (χ4v) is 5.02. The van der Waals surface area contributed by atoms with Crippen LogP contribution in [-0.2, 0) is 36.1 Å². The monoisotopic (exact) mass is 572 g/mol. The summed E-state index contributed by atoms with van der Waals surface area (Å²) < 4.78 is 33.4. The number of nitrogen functional groups attached to an aromatic ring is 1. The molecule has 2 amide bonds. The molecule has 1 aliphatic heterocycles. The van der Waals surface area contributed by atoms with Crippen LogP contribution in [0.1, 0.15) is 36.7 Å². The van der Waals surface area contributed by atoms with E-state index in [1.807, 2.05) is 0 Å². The SMILES string of the molecule is NCC[C@H](N)c1cnn(C[C@@H]2[C@H](NC(=O)C(=NOC3(C(=O)O)CC3)c3csc(N)n3)C(=O)N2S(=O)(=O)O)n1. The summed E-state index contributed by atoms with van der Waals surface area (Å²) in [5.41, 5.74) is 15.3. The number of carboxylic acid groups (broad SMARTS) is 1. The number of hydrogen-bond donors (Lipinski definition) is 6. The molecule has 2 fully saturated rings. The van der Waals surface area contributed by atoms with Crippen LogP contribution in [0.15, 0.2) is 16.7 Å². The molecule has 20 heteroatoms. The standard InChI is InChI=1S/C18H24N10O8S2/c19-4-1-8(20)9-5-22-27(25-9)6-11-13(15(30)28(11)38(33,34)35)24-14(29)12(10-7-37-17(21)23-10)26-36-18(2-3-18)16(31)32/h5,7-8,11,13H,1-4,6,19-20H2,(H2,21,23)(H,24,29)(H,31,32)(H,33,34,35)/t8-,11+,13-/m0/s1. The van der Waals surface area contributed by atoms with Gasteiger partial charge in [0, 0.05) is 18.2 Å². The number of oxime groups is 1. The van der Waals surface area contributed by atoms with E-state index >= 15 is 0 Å². The normalized spacial score (nSPS) is 21.5. The van der Waals surface area contributed by atoms with Crippen LogP contribution in [-0.4, -0.2) is 90.1 Å². The predicted octanol–water partition coefficient (Wildman–Crippen LogP) is -2.80. The predicted molar refractivity (Wildman–Crippen MR) is 128 cm³/mol. The summed E-state index contributed by atoms with van der Waals surface area (Å²) in [7, 11) is -5.00. The van der Waals surface area contributed by atoms with E-state index in [2.05, 4.69) is 25.7 Å². The van der Waals surface area contributed by atoms with Crippen molar-refractivity contribution in [2.24, 2.45) is 16.6 Å². The topological polar surface area (TPSA) is 284 Å². The molecule has 2 aliphatic rings. The molecule has 0 bridgehead atoms. The second-order valence-corrected chi connectivity index (χ2v) is 10.7. The summed E-state index contributed by atoms with van der Waals surface area (Å²) >= 11 is 0.967. The molecule has 2 aromatic rings. The second kappa shape index (κ2) is 10.2. The number of aliphatic carboxylic acids is 1. The van der Waals surface area contributed by atoms with Crippen LogP contribution in [0.25, 0.3) is 0 Å². The van der Waals surface area contributed by atoms with Crippen molar-refractivity contribution >= 4 is 50.3 Å². The minimum absolute atomic E-state index is 0.0616. The van der Waals surface area contributed by atoms with E-state index < -0.39 is 57.5 Å². The zero-order chi connectivity index (χ0) is 27.8. The van der Waals surface area contributed by atoms with Crippen LogP contribution < -0.4 is 22.5 Å². The number of hydrogen-bond acceptors (Lipinski definition) is 14. The number of carbonyl (C=O) groups excluding carboxylic acids is 2. The first-order valence-electron chi connectivity index (χ1n) is 11.0. The van der Waals surface area contributed by atoms with Gasteiger partial charge in [0.15, 0.2) is 10.8 Å². The van der Waals surface area contributed by atoms with Gasteiger partial charge in [-0.1, -0.05) is 5.16 Å². The van der Waals surface area contributed by atoms with Gasteiger partial charge in [-0.15, -0.1) is 11.3 Å². The number of carbonyl (C=O) groups is 3. The third-order valence-corrected chi connectivity index (χ3v) is 7.47. The van der Waals surface area contributed by atoms with Gasteiger partial charge in [-0.05, 0) is 13.0 Å². The highest BCUT2D eigenvalue weighted by Crippen LogP contribution is 2.40. The van der Waals surface area contributed by atoms with Gasteiger partial charge in [0.1, 0.15) is 17.8 Å². The summed E-state index contributed by atoms with van der Waals surface area (Å²) in [6.45, 7) is -0.0534. The van der Waals surface area contributed by atoms with Crippen molar-refractivity contribution in [2.75, 3.05) is 12.3 Å². The first-order chi connectivity index (χ1) is 17.9. The number of rotatable bonds is 12. The number of anilines is 1. The number of nitrogens with one attached hydrogen (secondary N) is 1. The molecule has 18 nitrogen and oxygen atoms in total. The summed E-state index contributed by atoms with van der Waals surface area (Å²) in [6.07, 6.45) is 2.09. The fourth-order valence-electron chi connectivity index (χ4n) is 3.61. The number of thiazole rings is 1. The summed E-state index contributed by atoms with van der Waals surface area (Å²) in [5.74, 6) is -3.44. The van der Waals surface area contributed by atoms with Crippen LogP contribution in [0.5, 0.6) is 0 Å². The molecular weight excluding hydrogens is 548 g/mol. The zero-order valence-corrected chi connectivity index (χ0v) is 21.1. The Balaban J connectivity index is 1.57. The van der Waals surface area contributed by atoms with Gasteiger partial charge in [0.05, 0.1) is 24.5 Å². The van der Waals surface area contributed by atoms with Gasteiger partial charge in [0.2, 0.25) is 5.60 Å². The van der Waals surface area contributed by atoms with E-state index in [0.717, 1.165) is 16.1 Å². The minimum Gasteiger partial charge on any atom is -0.478 e. The largest absolute Gasteiger partial charge is 0.478 e. The van der Waals surface area contributed by atoms with Crippen molar-refractivity contribution in [2.45, 2.75) is 49.5 Å². The molecule has 1 saturated heterocycles. The van der Waals surface area contributed by atoms with Gasteiger partial charge in [0.25, 0.3) is 11.8 Å². The fraction of sp³-hybridized carbons (Fsp3) is 0.500. The van der Waals surface area contributed by atoms with Gasteiger partial charge >= 0.3 is 16.3 Å². The van der Waals surface area contributed by atoms with Gasteiger partial charge in [-0.3, -0.25) is 14.1 Å². The molecule has 1 aliphatic carbocycles. The molecule has 3 heterocycles. The maximum absolute atomic E-state index is 13.1. The molecule has 3 atom stereocenters. The van der Waals surface area contributed by atoms with Crippen LogP contribution in [0.2, 0.25) is 0 Å². The molecule has 4 rings (SSSR count). The van der Waals surface area contributed by atoms with Crippen molar-refractivity contribution in [3.05, 3.63) is 23.0 Å². The van der Waals surface area contributed by atoms with Crippen molar-refractivity contribution in [3.63, 3.8) is 0 Å². The lowest BCUT2D eigenvalue weighted by atomic mass is 9.98.